The van der Waals surface area contributed by atoms with E-state index in [0.29, 0.717) is 10.7 Å². The summed E-state index contributed by atoms with van der Waals surface area (Å²) in [6.07, 6.45) is 5.19. The average molecular weight is 232 g/mol. The highest BCUT2D eigenvalue weighted by Crippen LogP contribution is 2.20. The van der Waals surface area contributed by atoms with Crippen LogP contribution in [0.25, 0.3) is 12.2 Å². The normalized spacial score (nSPS) is 10.8. The Morgan fingerprint density at radius 3 is 2.62 bits per heavy atom. The zero-order chi connectivity index (χ0) is 11.4. The molecule has 1 aromatic heterocycles. The maximum atomic E-state index is 9.51. The molecule has 2 aromatic rings. The lowest BCUT2D eigenvalue weighted by Crippen LogP contribution is -1.80. The molecule has 80 valence electrons. The van der Waals surface area contributed by atoms with Gasteiger partial charge in [0.1, 0.15) is 11.4 Å². The lowest BCUT2D eigenvalue weighted by molar-refractivity contribution is 0.471. The van der Waals surface area contributed by atoms with E-state index >= 15 is 0 Å². The first-order valence-electron chi connectivity index (χ1n) is 4.84. The smallest absolute Gasteiger partial charge is 0.141 e. The molecule has 3 heteroatoms. The quantitative estimate of drug-likeness (QED) is 0.857. The molecule has 0 saturated heterocycles. The monoisotopic (exact) mass is 231 g/mol. The van der Waals surface area contributed by atoms with E-state index in [1.807, 2.05) is 30.3 Å². The highest BCUT2D eigenvalue weighted by molar-refractivity contribution is 6.32. The molecule has 0 aliphatic rings. The van der Waals surface area contributed by atoms with Gasteiger partial charge in [0.15, 0.2) is 0 Å². The van der Waals surface area contributed by atoms with E-state index in [2.05, 4.69) is 4.98 Å². The Hall–Kier alpha value is -1.80. The van der Waals surface area contributed by atoms with Crippen molar-refractivity contribution in [1.29, 1.82) is 0 Å². The second kappa shape index (κ2) is 4.81. The van der Waals surface area contributed by atoms with Gasteiger partial charge in [-0.25, -0.2) is 0 Å². The summed E-state index contributed by atoms with van der Waals surface area (Å²) in [5.74, 6) is 0.158. The van der Waals surface area contributed by atoms with Gasteiger partial charge in [-0.2, -0.15) is 0 Å². The van der Waals surface area contributed by atoms with E-state index in [9.17, 15) is 5.11 Å². The van der Waals surface area contributed by atoms with Gasteiger partial charge in [0.2, 0.25) is 0 Å². The van der Waals surface area contributed by atoms with Crippen molar-refractivity contribution in [2.75, 3.05) is 0 Å². The number of halogens is 1. The molecule has 0 atom stereocenters. The van der Waals surface area contributed by atoms with Crippen molar-refractivity contribution in [3.05, 3.63) is 58.9 Å². The van der Waals surface area contributed by atoms with Crippen LogP contribution in [0.2, 0.25) is 5.02 Å². The average Bonchev–Trinajstić information content (AvgIpc) is 2.30. The molecule has 0 saturated carbocycles. The number of nitrogens with zero attached hydrogens (tertiary/aromatic N) is 1. The Morgan fingerprint density at radius 1 is 1.06 bits per heavy atom. The largest absolute Gasteiger partial charge is 0.506 e. The number of benzene rings is 1. The van der Waals surface area contributed by atoms with Crippen molar-refractivity contribution in [3.63, 3.8) is 0 Å². The van der Waals surface area contributed by atoms with E-state index < -0.39 is 0 Å². The van der Waals surface area contributed by atoms with Gasteiger partial charge < -0.3 is 5.11 Å². The highest BCUT2D eigenvalue weighted by Gasteiger charge is 1.97. The van der Waals surface area contributed by atoms with Crippen molar-refractivity contribution >= 4 is 23.8 Å². The Kier molecular flexibility index (Phi) is 3.22. The van der Waals surface area contributed by atoms with Crippen LogP contribution < -0.4 is 0 Å². The summed E-state index contributed by atoms with van der Waals surface area (Å²) in [6.45, 7) is 0. The van der Waals surface area contributed by atoms with Gasteiger partial charge in [0.05, 0.1) is 0 Å². The minimum absolute atomic E-state index is 0.158. The SMILES string of the molecule is Oc1cccnc1C=Cc1ccccc1Cl. The van der Waals surface area contributed by atoms with Crippen LogP contribution >= 0.6 is 11.6 Å². The highest BCUT2D eigenvalue weighted by atomic mass is 35.5. The zero-order valence-electron chi connectivity index (χ0n) is 8.47. The molecule has 2 rings (SSSR count). The van der Waals surface area contributed by atoms with Crippen molar-refractivity contribution < 1.29 is 5.11 Å². The molecule has 0 aliphatic heterocycles. The van der Waals surface area contributed by atoms with E-state index in [1.165, 1.54) is 0 Å². The van der Waals surface area contributed by atoms with E-state index in [4.69, 9.17) is 11.6 Å². The van der Waals surface area contributed by atoms with Crippen LogP contribution in [0.15, 0.2) is 42.6 Å². The molecule has 0 radical (unpaired) electrons. The molecule has 1 heterocycles. The van der Waals surface area contributed by atoms with Crippen LogP contribution in [0.3, 0.4) is 0 Å². The van der Waals surface area contributed by atoms with Gasteiger partial charge in [-0.15, -0.1) is 0 Å². The Balaban J connectivity index is 2.29. The summed E-state index contributed by atoms with van der Waals surface area (Å²) < 4.78 is 0. The summed E-state index contributed by atoms with van der Waals surface area (Å²) in [5, 5.41) is 10.2. The number of pyridine rings is 1. The van der Waals surface area contributed by atoms with Gasteiger partial charge in [-0.3, -0.25) is 4.98 Å². The van der Waals surface area contributed by atoms with E-state index in [1.54, 1.807) is 24.4 Å². The molecular weight excluding hydrogens is 222 g/mol. The Bertz CT molecular complexity index is 475. The lowest BCUT2D eigenvalue weighted by atomic mass is 10.2. The van der Waals surface area contributed by atoms with Crippen molar-refractivity contribution in [2.24, 2.45) is 0 Å². The third-order valence-corrected chi connectivity index (χ3v) is 2.49. The van der Waals surface area contributed by atoms with Crippen LogP contribution in [-0.4, -0.2) is 10.1 Å². The van der Waals surface area contributed by atoms with Crippen molar-refractivity contribution in [3.8, 4) is 5.75 Å². The predicted molar refractivity (Wildman–Crippen MR) is 66.3 cm³/mol. The van der Waals surface area contributed by atoms with Gasteiger partial charge in [-0.05, 0) is 29.8 Å². The fourth-order valence-corrected chi connectivity index (χ4v) is 1.52. The summed E-state index contributed by atoms with van der Waals surface area (Å²) >= 11 is 6.00. The van der Waals surface area contributed by atoms with Gasteiger partial charge >= 0.3 is 0 Å². The van der Waals surface area contributed by atoms with Gasteiger partial charge in [-0.1, -0.05) is 35.9 Å². The number of hydrogen-bond acceptors (Lipinski definition) is 2. The molecule has 1 N–H and O–H groups in total. The zero-order valence-corrected chi connectivity index (χ0v) is 9.22. The number of rotatable bonds is 2. The summed E-state index contributed by atoms with van der Waals surface area (Å²) in [5.41, 5.74) is 1.43. The topological polar surface area (TPSA) is 33.1 Å². The van der Waals surface area contributed by atoms with Crippen LogP contribution in [0, 0.1) is 0 Å². The first kappa shape index (κ1) is 10.7. The van der Waals surface area contributed by atoms with Gasteiger partial charge in [0, 0.05) is 11.2 Å². The number of hydrogen-bond donors (Lipinski definition) is 1. The van der Waals surface area contributed by atoms with Crippen LogP contribution in [0.5, 0.6) is 5.75 Å². The molecule has 0 amide bonds. The fourth-order valence-electron chi connectivity index (χ4n) is 1.32. The van der Waals surface area contributed by atoms with Crippen LogP contribution in [0.4, 0.5) is 0 Å². The van der Waals surface area contributed by atoms with Crippen LogP contribution in [0.1, 0.15) is 11.3 Å². The third kappa shape index (κ3) is 2.41. The third-order valence-electron chi connectivity index (χ3n) is 2.14. The van der Waals surface area contributed by atoms with Crippen LogP contribution in [-0.2, 0) is 0 Å². The lowest BCUT2D eigenvalue weighted by Gasteiger charge is -1.98. The summed E-state index contributed by atoms with van der Waals surface area (Å²) in [7, 11) is 0. The summed E-state index contributed by atoms with van der Waals surface area (Å²) in [6, 6.07) is 10.8. The maximum Gasteiger partial charge on any atom is 0.141 e. The number of aromatic hydroxyl groups is 1. The first-order chi connectivity index (χ1) is 7.77. The summed E-state index contributed by atoms with van der Waals surface area (Å²) in [4.78, 5) is 4.04. The second-order valence-corrected chi connectivity index (χ2v) is 3.67. The molecule has 0 fully saturated rings. The van der Waals surface area contributed by atoms with Crippen molar-refractivity contribution in [2.45, 2.75) is 0 Å². The predicted octanol–water partition coefficient (Wildman–Crippen LogP) is 3.61. The molecule has 2 nitrogen and oxygen atoms in total. The molecule has 0 aliphatic carbocycles. The molecule has 16 heavy (non-hydrogen) atoms. The number of aromatic nitrogens is 1. The fraction of sp³-hybridized carbons (Fsp3) is 0. The van der Waals surface area contributed by atoms with Gasteiger partial charge in [0.25, 0.3) is 0 Å². The molecular formula is C13H10ClNO. The molecule has 0 unspecified atom stereocenters. The maximum absolute atomic E-state index is 9.51. The Morgan fingerprint density at radius 2 is 1.88 bits per heavy atom. The standard InChI is InChI=1S/C13H10ClNO/c14-11-5-2-1-4-10(11)7-8-12-13(16)6-3-9-15-12/h1-9,16H. The van der Waals surface area contributed by atoms with E-state index in [-0.39, 0.29) is 5.75 Å². The second-order valence-electron chi connectivity index (χ2n) is 3.26. The molecule has 0 spiro atoms. The first-order valence-corrected chi connectivity index (χ1v) is 5.22. The van der Waals surface area contributed by atoms with E-state index in [0.717, 1.165) is 5.56 Å². The van der Waals surface area contributed by atoms with Crippen molar-refractivity contribution in [1.82, 2.24) is 4.98 Å². The minimum Gasteiger partial charge on any atom is -0.506 e. The molecule has 0 bridgehead atoms. The Labute approximate surface area is 98.8 Å². The molecule has 1 aromatic carbocycles. The minimum atomic E-state index is 0.158.